The molecule has 7 heteroatoms. The lowest BCUT2D eigenvalue weighted by molar-refractivity contribution is -0.115. The molecule has 3 rings (SSSR count). The molecule has 0 N–H and O–H groups in total. The van der Waals surface area contributed by atoms with Crippen LogP contribution in [0.1, 0.15) is 18.1 Å². The molecule has 2 saturated heterocycles. The van der Waals surface area contributed by atoms with Gasteiger partial charge in [-0.25, -0.2) is 8.42 Å². The van der Waals surface area contributed by atoms with Crippen molar-refractivity contribution in [1.29, 1.82) is 0 Å². The van der Waals surface area contributed by atoms with Crippen LogP contribution >= 0.6 is 11.8 Å². The minimum atomic E-state index is -3.02. The Bertz CT molecular complexity index is 771. The third-order valence-electron chi connectivity index (χ3n) is 4.16. The molecule has 2 atom stereocenters. The molecule has 0 saturated carbocycles. The molecule has 0 aliphatic carbocycles. The molecule has 0 spiro atoms. The van der Waals surface area contributed by atoms with Crippen molar-refractivity contribution in [3.8, 4) is 0 Å². The number of sulfone groups is 1. The van der Waals surface area contributed by atoms with Gasteiger partial charge in [0.15, 0.2) is 15.0 Å². The van der Waals surface area contributed by atoms with E-state index < -0.39 is 9.84 Å². The van der Waals surface area contributed by atoms with Crippen LogP contribution in [0.2, 0.25) is 0 Å². The fourth-order valence-electron chi connectivity index (χ4n) is 2.98. The van der Waals surface area contributed by atoms with E-state index in [-0.39, 0.29) is 28.7 Å². The van der Waals surface area contributed by atoms with Gasteiger partial charge < -0.3 is 4.90 Å². The number of hydrogen-bond acceptors (Lipinski definition) is 4. The van der Waals surface area contributed by atoms with Crippen molar-refractivity contribution in [3.63, 3.8) is 0 Å². The standard InChI is InChI=1S/C15H18N2O3S2/c1-9-5-4-6-12(10(9)2)17-13-7-22(19,20)8-14(13)21-15(17)16-11(3)18/h4-6,13-14H,7-8H2,1-3H3/t13-,14-/m0/s1. The number of anilines is 1. The molecule has 2 heterocycles. The second-order valence-corrected chi connectivity index (χ2v) is 9.16. The maximum absolute atomic E-state index is 12.0. The molecule has 118 valence electrons. The van der Waals surface area contributed by atoms with Gasteiger partial charge in [-0.15, -0.1) is 0 Å². The molecule has 1 amide bonds. The molecular weight excluding hydrogens is 320 g/mol. The van der Waals surface area contributed by atoms with Crippen LogP contribution < -0.4 is 4.90 Å². The van der Waals surface area contributed by atoms with Gasteiger partial charge >= 0.3 is 0 Å². The third kappa shape index (κ3) is 2.67. The van der Waals surface area contributed by atoms with Crippen LogP contribution in [0.25, 0.3) is 0 Å². The summed E-state index contributed by atoms with van der Waals surface area (Å²) in [5.74, 6) is 0.0101. The Morgan fingerprint density at radius 1 is 1.32 bits per heavy atom. The van der Waals surface area contributed by atoms with Crippen LogP contribution in [0.3, 0.4) is 0 Å². The van der Waals surface area contributed by atoms with Crippen LogP contribution in [-0.4, -0.2) is 42.3 Å². The maximum atomic E-state index is 12.0. The Kier molecular flexibility index (Phi) is 3.81. The predicted molar refractivity (Wildman–Crippen MR) is 90.3 cm³/mol. The number of carbonyl (C=O) groups is 1. The van der Waals surface area contributed by atoms with Gasteiger partial charge in [0.05, 0.1) is 17.5 Å². The number of fused-ring (bicyclic) bond motifs is 1. The van der Waals surface area contributed by atoms with E-state index in [4.69, 9.17) is 0 Å². The molecule has 2 aliphatic heterocycles. The number of nitrogens with zero attached hydrogens (tertiary/aromatic N) is 2. The van der Waals surface area contributed by atoms with Gasteiger partial charge in [0.1, 0.15) is 0 Å². The summed E-state index contributed by atoms with van der Waals surface area (Å²) in [4.78, 5) is 17.5. The first-order valence-corrected chi connectivity index (χ1v) is 9.80. The number of amidine groups is 1. The first kappa shape index (κ1) is 15.6. The largest absolute Gasteiger partial charge is 0.315 e. The van der Waals surface area contributed by atoms with Crippen LogP contribution in [-0.2, 0) is 14.6 Å². The fraction of sp³-hybridized carbons (Fsp3) is 0.467. The van der Waals surface area contributed by atoms with Crippen LogP contribution in [0.4, 0.5) is 5.69 Å². The minimum absolute atomic E-state index is 0.0528. The zero-order valence-corrected chi connectivity index (χ0v) is 14.4. The normalized spacial score (nSPS) is 28.1. The highest BCUT2D eigenvalue weighted by atomic mass is 32.2. The summed E-state index contributed by atoms with van der Waals surface area (Å²) in [5.41, 5.74) is 3.16. The Balaban J connectivity index is 2.10. The zero-order chi connectivity index (χ0) is 16.1. The van der Waals surface area contributed by atoms with Crippen LogP contribution in [0, 0.1) is 13.8 Å². The molecule has 5 nitrogen and oxygen atoms in total. The van der Waals surface area contributed by atoms with Crippen molar-refractivity contribution in [1.82, 2.24) is 0 Å². The Morgan fingerprint density at radius 2 is 2.05 bits per heavy atom. The lowest BCUT2D eigenvalue weighted by Crippen LogP contribution is -2.38. The quantitative estimate of drug-likeness (QED) is 0.783. The van der Waals surface area contributed by atoms with Crippen molar-refractivity contribution in [2.75, 3.05) is 16.4 Å². The number of aryl methyl sites for hydroxylation is 1. The topological polar surface area (TPSA) is 66.8 Å². The second kappa shape index (κ2) is 5.38. The van der Waals surface area contributed by atoms with Gasteiger partial charge in [-0.1, -0.05) is 23.9 Å². The van der Waals surface area contributed by atoms with Gasteiger partial charge in [-0.2, -0.15) is 4.99 Å². The molecule has 2 fully saturated rings. The number of thioether (sulfide) groups is 1. The van der Waals surface area contributed by atoms with E-state index in [0.717, 1.165) is 16.8 Å². The molecule has 1 aromatic rings. The first-order chi connectivity index (χ1) is 10.3. The highest BCUT2D eigenvalue weighted by molar-refractivity contribution is 8.16. The molecule has 2 aliphatic rings. The lowest BCUT2D eigenvalue weighted by atomic mass is 10.1. The van der Waals surface area contributed by atoms with E-state index in [1.807, 2.05) is 36.9 Å². The molecule has 0 aromatic heterocycles. The minimum Gasteiger partial charge on any atom is -0.315 e. The van der Waals surface area contributed by atoms with Crippen molar-refractivity contribution in [2.45, 2.75) is 32.1 Å². The summed E-state index contributed by atoms with van der Waals surface area (Å²) in [7, 11) is -3.02. The summed E-state index contributed by atoms with van der Waals surface area (Å²) in [6, 6.07) is 5.79. The number of rotatable bonds is 1. The van der Waals surface area contributed by atoms with E-state index in [9.17, 15) is 13.2 Å². The van der Waals surface area contributed by atoms with Crippen molar-refractivity contribution >= 4 is 38.4 Å². The SMILES string of the molecule is CC(=O)N=C1S[C@H]2CS(=O)(=O)C[C@@H]2N1c1cccc(C)c1C. The van der Waals surface area contributed by atoms with Gasteiger partial charge in [-0.3, -0.25) is 4.79 Å². The van der Waals surface area contributed by atoms with Gasteiger partial charge in [-0.05, 0) is 31.0 Å². The zero-order valence-electron chi connectivity index (χ0n) is 12.7. The first-order valence-electron chi connectivity index (χ1n) is 7.10. The maximum Gasteiger partial charge on any atom is 0.244 e. The number of carbonyl (C=O) groups excluding carboxylic acids is 1. The third-order valence-corrected chi connectivity index (χ3v) is 7.36. The van der Waals surface area contributed by atoms with E-state index in [1.165, 1.54) is 18.7 Å². The second-order valence-electron chi connectivity index (χ2n) is 5.80. The highest BCUT2D eigenvalue weighted by Gasteiger charge is 2.49. The molecule has 0 bridgehead atoms. The number of aliphatic imine (C=N–C) groups is 1. The Labute approximate surface area is 134 Å². The number of benzene rings is 1. The van der Waals surface area contributed by atoms with E-state index in [0.29, 0.717) is 5.17 Å². The average molecular weight is 338 g/mol. The highest BCUT2D eigenvalue weighted by Crippen LogP contribution is 2.42. The lowest BCUT2D eigenvalue weighted by Gasteiger charge is -2.26. The molecule has 0 radical (unpaired) electrons. The molecule has 22 heavy (non-hydrogen) atoms. The smallest absolute Gasteiger partial charge is 0.244 e. The predicted octanol–water partition coefficient (Wildman–Crippen LogP) is 1.92. The molecular formula is C15H18N2O3S2. The summed E-state index contributed by atoms with van der Waals surface area (Å²) >= 11 is 1.41. The summed E-state index contributed by atoms with van der Waals surface area (Å²) in [6.07, 6.45) is 0. The average Bonchev–Trinajstić information content (AvgIpc) is 2.84. The summed E-state index contributed by atoms with van der Waals surface area (Å²) < 4.78 is 23.9. The van der Waals surface area contributed by atoms with Gasteiger partial charge in [0.2, 0.25) is 5.91 Å². The van der Waals surface area contributed by atoms with E-state index >= 15 is 0 Å². The van der Waals surface area contributed by atoms with Gasteiger partial charge in [0.25, 0.3) is 0 Å². The van der Waals surface area contributed by atoms with Crippen molar-refractivity contribution in [2.24, 2.45) is 4.99 Å². The number of amides is 1. The monoisotopic (exact) mass is 338 g/mol. The summed E-state index contributed by atoms with van der Waals surface area (Å²) in [6.45, 7) is 5.45. The van der Waals surface area contributed by atoms with E-state index in [2.05, 4.69) is 4.99 Å². The van der Waals surface area contributed by atoms with Gasteiger partial charge in [0, 0.05) is 17.9 Å². The van der Waals surface area contributed by atoms with E-state index in [1.54, 1.807) is 0 Å². The number of hydrogen-bond donors (Lipinski definition) is 0. The van der Waals surface area contributed by atoms with Crippen molar-refractivity contribution in [3.05, 3.63) is 29.3 Å². The van der Waals surface area contributed by atoms with Crippen LogP contribution in [0.5, 0.6) is 0 Å². The fourth-order valence-corrected chi connectivity index (χ4v) is 6.93. The Morgan fingerprint density at radius 3 is 2.73 bits per heavy atom. The molecule has 1 aromatic carbocycles. The summed E-state index contributed by atoms with van der Waals surface area (Å²) in [5, 5.41) is 0.564. The van der Waals surface area contributed by atoms with Crippen LogP contribution in [0.15, 0.2) is 23.2 Å². The van der Waals surface area contributed by atoms with Crippen molar-refractivity contribution < 1.29 is 13.2 Å². The Hall–Kier alpha value is -1.34. The molecule has 0 unspecified atom stereocenters.